The normalized spacial score (nSPS) is 21.2. The minimum absolute atomic E-state index is 0.0904. The van der Waals surface area contributed by atoms with E-state index in [4.69, 9.17) is 4.74 Å². The molecule has 1 aliphatic rings. The van der Waals surface area contributed by atoms with Crippen molar-refractivity contribution in [2.75, 3.05) is 0 Å². The highest BCUT2D eigenvalue weighted by atomic mass is 79.9. The molecule has 0 spiro atoms. The van der Waals surface area contributed by atoms with Crippen molar-refractivity contribution in [3.8, 4) is 5.75 Å². The maximum absolute atomic E-state index is 10.3. The van der Waals surface area contributed by atoms with E-state index in [1.807, 2.05) is 18.2 Å². The second-order valence-electron chi connectivity index (χ2n) is 5.40. The summed E-state index contributed by atoms with van der Waals surface area (Å²) in [5.74, 6) is 0.767. The number of ether oxygens (including phenoxy) is 1. The highest BCUT2D eigenvalue weighted by Crippen LogP contribution is 2.42. The first-order chi connectivity index (χ1) is 9.54. The van der Waals surface area contributed by atoms with Gasteiger partial charge in [0.2, 0.25) is 0 Å². The van der Waals surface area contributed by atoms with Crippen LogP contribution in [-0.4, -0.2) is 5.11 Å². The lowest BCUT2D eigenvalue weighted by Crippen LogP contribution is -2.19. The van der Waals surface area contributed by atoms with Crippen LogP contribution in [0.4, 0.5) is 0 Å². The Balaban J connectivity index is 1.98. The Morgan fingerprint density at radius 2 is 1.85 bits per heavy atom. The molecule has 0 saturated carbocycles. The quantitative estimate of drug-likeness (QED) is 0.825. The van der Waals surface area contributed by atoms with Gasteiger partial charge in [-0.2, -0.15) is 0 Å². The van der Waals surface area contributed by atoms with Crippen LogP contribution in [0.3, 0.4) is 0 Å². The topological polar surface area (TPSA) is 29.5 Å². The minimum Gasteiger partial charge on any atom is -0.485 e. The monoisotopic (exact) mass is 332 g/mol. The summed E-state index contributed by atoms with van der Waals surface area (Å²) in [7, 11) is 0. The molecule has 1 heterocycles. The molecular weight excluding hydrogens is 316 g/mol. The molecule has 0 saturated heterocycles. The lowest BCUT2D eigenvalue weighted by atomic mass is 9.92. The zero-order valence-electron chi connectivity index (χ0n) is 11.6. The van der Waals surface area contributed by atoms with E-state index in [2.05, 4.69) is 48.0 Å². The van der Waals surface area contributed by atoms with Crippen molar-refractivity contribution in [2.45, 2.75) is 32.5 Å². The number of hydrogen-bond donors (Lipinski definition) is 1. The predicted molar refractivity (Wildman–Crippen MR) is 83.0 cm³/mol. The van der Waals surface area contributed by atoms with Crippen LogP contribution in [-0.2, 0) is 0 Å². The average Bonchev–Trinajstić information content (AvgIpc) is 2.37. The SMILES string of the molecule is Cc1ccc(C2C[C@@H](O)c3ccc(Br)cc3O2)c(C)c1. The van der Waals surface area contributed by atoms with Crippen molar-refractivity contribution in [2.24, 2.45) is 0 Å². The smallest absolute Gasteiger partial charge is 0.127 e. The number of aryl methyl sites for hydroxylation is 2. The fourth-order valence-electron chi connectivity index (χ4n) is 2.79. The molecule has 104 valence electrons. The summed E-state index contributed by atoms with van der Waals surface area (Å²) in [6, 6.07) is 12.1. The summed E-state index contributed by atoms with van der Waals surface area (Å²) in [6.07, 6.45) is 0.0309. The van der Waals surface area contributed by atoms with Crippen molar-refractivity contribution in [3.05, 3.63) is 63.1 Å². The number of fused-ring (bicyclic) bond motifs is 1. The number of hydrogen-bond acceptors (Lipinski definition) is 2. The number of halogens is 1. The molecule has 1 N–H and O–H groups in total. The molecule has 3 heteroatoms. The molecule has 0 amide bonds. The summed E-state index contributed by atoms with van der Waals surface area (Å²) in [6.45, 7) is 4.17. The van der Waals surface area contributed by atoms with E-state index in [1.54, 1.807) is 0 Å². The molecule has 20 heavy (non-hydrogen) atoms. The van der Waals surface area contributed by atoms with Gasteiger partial charge >= 0.3 is 0 Å². The van der Waals surface area contributed by atoms with Gasteiger partial charge in [-0.3, -0.25) is 0 Å². The summed E-state index contributed by atoms with van der Waals surface area (Å²) in [4.78, 5) is 0. The van der Waals surface area contributed by atoms with E-state index in [0.717, 1.165) is 21.3 Å². The van der Waals surface area contributed by atoms with E-state index in [0.29, 0.717) is 6.42 Å². The molecule has 2 aromatic carbocycles. The van der Waals surface area contributed by atoms with Crippen LogP contribution >= 0.6 is 15.9 Å². The van der Waals surface area contributed by atoms with Crippen molar-refractivity contribution in [1.29, 1.82) is 0 Å². The lowest BCUT2D eigenvalue weighted by Gasteiger charge is -2.31. The largest absolute Gasteiger partial charge is 0.485 e. The van der Waals surface area contributed by atoms with Crippen LogP contribution in [0.2, 0.25) is 0 Å². The maximum Gasteiger partial charge on any atom is 0.127 e. The third kappa shape index (κ3) is 2.48. The Labute approximate surface area is 127 Å². The van der Waals surface area contributed by atoms with Gasteiger partial charge in [0.05, 0.1) is 6.10 Å². The van der Waals surface area contributed by atoms with Crippen LogP contribution in [0.25, 0.3) is 0 Å². The number of rotatable bonds is 1. The van der Waals surface area contributed by atoms with Gasteiger partial charge in [-0.05, 0) is 37.1 Å². The Morgan fingerprint density at radius 1 is 1.10 bits per heavy atom. The van der Waals surface area contributed by atoms with E-state index in [1.165, 1.54) is 11.1 Å². The van der Waals surface area contributed by atoms with Crippen molar-refractivity contribution in [1.82, 2.24) is 0 Å². The minimum atomic E-state index is -0.474. The van der Waals surface area contributed by atoms with Gasteiger partial charge in [0.15, 0.2) is 0 Å². The predicted octanol–water partition coefficient (Wildman–Crippen LogP) is 4.62. The fourth-order valence-corrected chi connectivity index (χ4v) is 3.13. The molecule has 2 nitrogen and oxygen atoms in total. The van der Waals surface area contributed by atoms with E-state index in [-0.39, 0.29) is 6.10 Å². The first-order valence-corrected chi connectivity index (χ1v) is 7.55. The van der Waals surface area contributed by atoms with Gasteiger partial charge in [0.1, 0.15) is 11.9 Å². The third-order valence-electron chi connectivity index (χ3n) is 3.81. The van der Waals surface area contributed by atoms with Crippen molar-refractivity contribution in [3.63, 3.8) is 0 Å². The number of aliphatic hydroxyl groups is 1. The Bertz CT molecular complexity index is 651. The van der Waals surface area contributed by atoms with Crippen LogP contribution in [0.15, 0.2) is 40.9 Å². The van der Waals surface area contributed by atoms with Gasteiger partial charge in [-0.25, -0.2) is 0 Å². The van der Waals surface area contributed by atoms with E-state index in [9.17, 15) is 5.11 Å². The number of aliphatic hydroxyl groups excluding tert-OH is 1. The van der Waals surface area contributed by atoms with Crippen LogP contribution in [0.1, 0.15) is 40.9 Å². The molecule has 0 aromatic heterocycles. The van der Waals surface area contributed by atoms with Crippen molar-refractivity contribution < 1.29 is 9.84 Å². The van der Waals surface area contributed by atoms with Gasteiger partial charge < -0.3 is 9.84 Å². The van der Waals surface area contributed by atoms with Crippen LogP contribution < -0.4 is 4.74 Å². The summed E-state index contributed by atoms with van der Waals surface area (Å²) in [5, 5.41) is 10.3. The molecule has 0 radical (unpaired) electrons. The molecule has 0 aliphatic carbocycles. The highest BCUT2D eigenvalue weighted by molar-refractivity contribution is 9.10. The molecule has 1 unspecified atom stereocenters. The Hall–Kier alpha value is -1.32. The molecule has 2 aromatic rings. The summed E-state index contributed by atoms with van der Waals surface area (Å²) >= 11 is 3.45. The van der Waals surface area contributed by atoms with Crippen LogP contribution in [0.5, 0.6) is 5.75 Å². The van der Waals surface area contributed by atoms with E-state index >= 15 is 0 Å². The summed E-state index contributed by atoms with van der Waals surface area (Å²) < 4.78 is 7.06. The number of benzene rings is 2. The zero-order valence-corrected chi connectivity index (χ0v) is 13.1. The molecular formula is C17H17BrO2. The zero-order chi connectivity index (χ0) is 14.3. The fraction of sp³-hybridized carbons (Fsp3) is 0.294. The maximum atomic E-state index is 10.3. The van der Waals surface area contributed by atoms with Gasteiger partial charge in [-0.15, -0.1) is 0 Å². The van der Waals surface area contributed by atoms with Crippen molar-refractivity contribution >= 4 is 15.9 Å². The second-order valence-corrected chi connectivity index (χ2v) is 6.32. The third-order valence-corrected chi connectivity index (χ3v) is 4.31. The first-order valence-electron chi connectivity index (χ1n) is 6.76. The van der Waals surface area contributed by atoms with Gasteiger partial charge in [0, 0.05) is 16.5 Å². The molecule has 0 fully saturated rings. The van der Waals surface area contributed by atoms with Crippen LogP contribution in [0, 0.1) is 13.8 Å². The van der Waals surface area contributed by atoms with Gasteiger partial charge in [0.25, 0.3) is 0 Å². The molecule has 1 aliphatic heterocycles. The lowest BCUT2D eigenvalue weighted by molar-refractivity contribution is 0.0654. The molecule has 2 atom stereocenters. The first kappa shape index (κ1) is 13.7. The Morgan fingerprint density at radius 3 is 2.60 bits per heavy atom. The standard InChI is InChI=1S/C17H17BrO2/c1-10-3-5-13(11(2)7-10)17-9-15(19)14-6-4-12(18)8-16(14)20-17/h3-8,15,17,19H,9H2,1-2H3/t15-,17?/m1/s1. The highest BCUT2D eigenvalue weighted by Gasteiger charge is 2.28. The summed E-state index contributed by atoms with van der Waals surface area (Å²) in [5.41, 5.74) is 4.47. The Kier molecular flexibility index (Phi) is 3.57. The average molecular weight is 333 g/mol. The molecule has 3 rings (SSSR count). The second kappa shape index (κ2) is 5.23. The van der Waals surface area contributed by atoms with E-state index < -0.39 is 6.10 Å². The van der Waals surface area contributed by atoms with Gasteiger partial charge in [-0.1, -0.05) is 45.8 Å². The molecule has 0 bridgehead atoms.